The van der Waals surface area contributed by atoms with Gasteiger partial charge in [0.25, 0.3) is 5.91 Å². The van der Waals surface area contributed by atoms with Gasteiger partial charge in [-0.1, -0.05) is 23.9 Å². The average Bonchev–Trinajstić information content (AvgIpc) is 3.05. The minimum atomic E-state index is -0.290. The first-order chi connectivity index (χ1) is 12.5. The van der Waals surface area contributed by atoms with Crippen LogP contribution in [0.4, 0.5) is 0 Å². The molecule has 134 valence electrons. The molecule has 0 spiro atoms. The van der Waals surface area contributed by atoms with Gasteiger partial charge in [0.05, 0.1) is 26.7 Å². The number of aromatic nitrogens is 1. The Morgan fingerprint density at radius 2 is 2.08 bits per heavy atom. The highest BCUT2D eigenvalue weighted by atomic mass is 79.9. The molecule has 0 saturated carbocycles. The van der Waals surface area contributed by atoms with Crippen molar-refractivity contribution < 1.29 is 15.0 Å². The van der Waals surface area contributed by atoms with Gasteiger partial charge < -0.3 is 10.2 Å². The van der Waals surface area contributed by atoms with Crippen molar-refractivity contribution in [3.63, 3.8) is 0 Å². The molecule has 1 heterocycles. The van der Waals surface area contributed by atoms with Crippen LogP contribution < -0.4 is 5.43 Å². The summed E-state index contributed by atoms with van der Waals surface area (Å²) in [4.78, 5) is 16.4. The van der Waals surface area contributed by atoms with E-state index in [-0.39, 0.29) is 27.6 Å². The number of nitrogens with zero attached hydrogens (tertiary/aromatic N) is 2. The number of carbonyl (C=O) groups excluding carboxylic acids is 1. The standard InChI is InChI=1S/C16H11Br2N3O3S2/c17-9-5-8(14(23)13(18)15(9)24)6-19-21-12(22)7-25-16-20-10-3-1-2-4-11(10)26-16/h1-6,23-24H,7H2,(H,21,22)/b19-6-. The highest BCUT2D eigenvalue weighted by Gasteiger charge is 2.13. The fourth-order valence-electron chi connectivity index (χ4n) is 1.96. The molecule has 1 aromatic heterocycles. The number of carbonyl (C=O) groups is 1. The number of rotatable bonds is 5. The number of amides is 1. The summed E-state index contributed by atoms with van der Waals surface area (Å²) in [6, 6.07) is 9.28. The van der Waals surface area contributed by atoms with Crippen LogP contribution in [-0.4, -0.2) is 33.1 Å². The number of hydrogen-bond donors (Lipinski definition) is 3. The van der Waals surface area contributed by atoms with Crippen LogP contribution in [0.15, 0.2) is 48.7 Å². The molecule has 2 aromatic carbocycles. The van der Waals surface area contributed by atoms with Gasteiger partial charge in [-0.2, -0.15) is 5.10 Å². The van der Waals surface area contributed by atoms with Gasteiger partial charge in [0.2, 0.25) is 0 Å². The number of benzene rings is 2. The monoisotopic (exact) mass is 515 g/mol. The van der Waals surface area contributed by atoms with E-state index in [0.29, 0.717) is 10.0 Å². The number of halogens is 2. The summed E-state index contributed by atoms with van der Waals surface area (Å²) in [7, 11) is 0. The van der Waals surface area contributed by atoms with Crippen molar-refractivity contribution in [2.45, 2.75) is 4.34 Å². The normalized spacial score (nSPS) is 11.3. The summed E-state index contributed by atoms with van der Waals surface area (Å²) >= 11 is 9.11. The van der Waals surface area contributed by atoms with E-state index in [9.17, 15) is 15.0 Å². The number of phenolic OH excluding ortho intramolecular Hbond substituents is 2. The van der Waals surface area contributed by atoms with Gasteiger partial charge in [0.1, 0.15) is 16.0 Å². The zero-order chi connectivity index (χ0) is 18.7. The minimum absolute atomic E-state index is 0.115. The van der Waals surface area contributed by atoms with Gasteiger partial charge in [-0.3, -0.25) is 4.79 Å². The Labute approximate surface area is 173 Å². The van der Waals surface area contributed by atoms with Gasteiger partial charge in [-0.05, 0) is 50.1 Å². The quantitative estimate of drug-likeness (QED) is 0.264. The second-order valence-electron chi connectivity index (χ2n) is 4.99. The van der Waals surface area contributed by atoms with Crippen molar-refractivity contribution in [2.75, 3.05) is 5.75 Å². The molecule has 0 aliphatic carbocycles. The van der Waals surface area contributed by atoms with Crippen LogP contribution in [0.2, 0.25) is 0 Å². The van der Waals surface area contributed by atoms with E-state index in [1.807, 2.05) is 24.3 Å². The van der Waals surface area contributed by atoms with Crippen molar-refractivity contribution in [3.05, 3.63) is 44.8 Å². The summed E-state index contributed by atoms with van der Waals surface area (Å²) in [5, 5.41) is 23.5. The predicted molar refractivity (Wildman–Crippen MR) is 111 cm³/mol. The lowest BCUT2D eigenvalue weighted by atomic mass is 10.2. The van der Waals surface area contributed by atoms with Gasteiger partial charge >= 0.3 is 0 Å². The topological polar surface area (TPSA) is 94.8 Å². The van der Waals surface area contributed by atoms with Gasteiger partial charge in [-0.15, -0.1) is 11.3 Å². The molecule has 6 nitrogen and oxygen atoms in total. The molecule has 0 radical (unpaired) electrons. The first-order valence-electron chi connectivity index (χ1n) is 7.16. The van der Waals surface area contributed by atoms with Crippen LogP contribution >= 0.6 is 55.0 Å². The average molecular weight is 517 g/mol. The second-order valence-corrected chi connectivity index (χ2v) is 8.89. The number of para-hydroxylation sites is 1. The number of thioether (sulfide) groups is 1. The van der Waals surface area contributed by atoms with Crippen LogP contribution in [0.25, 0.3) is 10.2 Å². The Kier molecular flexibility index (Phi) is 6.17. The number of hydrogen-bond acceptors (Lipinski definition) is 7. The van der Waals surface area contributed by atoms with Crippen LogP contribution in [0, 0.1) is 0 Å². The first-order valence-corrected chi connectivity index (χ1v) is 10.5. The minimum Gasteiger partial charge on any atom is -0.506 e. The van der Waals surface area contributed by atoms with E-state index in [4.69, 9.17) is 0 Å². The van der Waals surface area contributed by atoms with E-state index in [1.54, 1.807) is 0 Å². The number of phenols is 2. The Bertz CT molecular complexity index is 975. The number of nitrogens with one attached hydrogen (secondary N) is 1. The van der Waals surface area contributed by atoms with Crippen LogP contribution in [-0.2, 0) is 4.79 Å². The molecule has 1 amide bonds. The van der Waals surface area contributed by atoms with Crippen LogP contribution in [0.5, 0.6) is 11.5 Å². The third-order valence-electron chi connectivity index (χ3n) is 3.19. The maximum Gasteiger partial charge on any atom is 0.250 e. The molecular weight excluding hydrogens is 506 g/mol. The highest BCUT2D eigenvalue weighted by Crippen LogP contribution is 2.40. The molecule has 10 heteroatoms. The third-order valence-corrected chi connectivity index (χ3v) is 6.73. The third kappa shape index (κ3) is 4.37. The van der Waals surface area contributed by atoms with Crippen molar-refractivity contribution in [2.24, 2.45) is 5.10 Å². The molecule has 0 unspecified atom stereocenters. The van der Waals surface area contributed by atoms with Gasteiger partial charge in [0.15, 0.2) is 4.34 Å². The molecule has 3 rings (SSSR count). The Balaban J connectivity index is 1.58. The van der Waals surface area contributed by atoms with E-state index in [0.717, 1.165) is 14.6 Å². The highest BCUT2D eigenvalue weighted by molar-refractivity contribution is 9.11. The van der Waals surface area contributed by atoms with Crippen molar-refractivity contribution in [1.82, 2.24) is 10.4 Å². The first kappa shape index (κ1) is 19.2. The predicted octanol–water partition coefficient (Wildman–Crippen LogP) is 4.47. The maximum atomic E-state index is 11.9. The van der Waals surface area contributed by atoms with Gasteiger partial charge in [-0.25, -0.2) is 10.4 Å². The van der Waals surface area contributed by atoms with Crippen LogP contribution in [0.1, 0.15) is 5.56 Å². The second kappa shape index (κ2) is 8.38. The molecule has 3 N–H and O–H groups in total. The number of thiazole rings is 1. The maximum absolute atomic E-state index is 11.9. The molecule has 0 bridgehead atoms. The Morgan fingerprint density at radius 1 is 1.31 bits per heavy atom. The number of aromatic hydroxyl groups is 2. The molecular formula is C16H11Br2N3O3S2. The lowest BCUT2D eigenvalue weighted by molar-refractivity contribution is -0.118. The van der Waals surface area contributed by atoms with E-state index in [1.165, 1.54) is 35.4 Å². The summed E-state index contributed by atoms with van der Waals surface area (Å²) in [5.41, 5.74) is 3.65. The van der Waals surface area contributed by atoms with Crippen molar-refractivity contribution >= 4 is 77.3 Å². The lowest BCUT2D eigenvalue weighted by Gasteiger charge is -2.06. The Morgan fingerprint density at radius 3 is 2.85 bits per heavy atom. The molecule has 0 fully saturated rings. The fourth-order valence-corrected chi connectivity index (χ4v) is 4.98. The summed E-state index contributed by atoms with van der Waals surface area (Å²) in [5.74, 6) is -0.406. The SMILES string of the molecule is O=C(CSc1nc2ccccc2s1)N/N=C\c1cc(Br)c(O)c(Br)c1O. The largest absolute Gasteiger partial charge is 0.506 e. The molecule has 0 aliphatic heterocycles. The molecule has 3 aromatic rings. The van der Waals surface area contributed by atoms with Crippen molar-refractivity contribution in [1.29, 1.82) is 0 Å². The zero-order valence-corrected chi connectivity index (χ0v) is 17.7. The smallest absolute Gasteiger partial charge is 0.250 e. The number of hydrazone groups is 1. The molecule has 0 saturated heterocycles. The molecule has 0 aliphatic rings. The molecule has 0 atom stereocenters. The lowest BCUT2D eigenvalue weighted by Crippen LogP contribution is -2.19. The summed E-state index contributed by atoms with van der Waals surface area (Å²) in [6.45, 7) is 0. The zero-order valence-electron chi connectivity index (χ0n) is 12.9. The van der Waals surface area contributed by atoms with Gasteiger partial charge in [0, 0.05) is 5.56 Å². The van der Waals surface area contributed by atoms with E-state index in [2.05, 4.69) is 47.4 Å². The summed E-state index contributed by atoms with van der Waals surface area (Å²) < 4.78 is 2.43. The fraction of sp³-hybridized carbons (Fsp3) is 0.0625. The number of fused-ring (bicyclic) bond motifs is 1. The summed E-state index contributed by atoms with van der Waals surface area (Å²) in [6.07, 6.45) is 1.30. The Hall–Kier alpha value is -1.62. The molecule has 26 heavy (non-hydrogen) atoms. The van der Waals surface area contributed by atoms with Crippen LogP contribution in [0.3, 0.4) is 0 Å². The van der Waals surface area contributed by atoms with E-state index < -0.39 is 0 Å². The van der Waals surface area contributed by atoms with Crippen molar-refractivity contribution in [3.8, 4) is 11.5 Å². The van der Waals surface area contributed by atoms with E-state index >= 15 is 0 Å².